The third-order valence-electron chi connectivity index (χ3n) is 5.78. The summed E-state index contributed by atoms with van der Waals surface area (Å²) in [4.78, 5) is 0. The lowest BCUT2D eigenvalue weighted by Gasteiger charge is -2.47. The van der Waals surface area contributed by atoms with E-state index in [1.54, 1.807) is 32.2 Å². The summed E-state index contributed by atoms with van der Waals surface area (Å²) >= 11 is 6.49. The molecule has 4 N–H and O–H groups in total. The molecule has 2 unspecified atom stereocenters. The Bertz CT molecular complexity index is 873. The van der Waals surface area contributed by atoms with Gasteiger partial charge in [-0.1, -0.05) is 29.8 Å². The van der Waals surface area contributed by atoms with Gasteiger partial charge < -0.3 is 34.6 Å². The molecule has 1 aliphatic heterocycles. The molecule has 0 bridgehead atoms. The first-order valence-corrected chi connectivity index (χ1v) is 10.5. The second-order valence-corrected chi connectivity index (χ2v) is 8.13. The van der Waals surface area contributed by atoms with E-state index in [0.29, 0.717) is 22.8 Å². The fourth-order valence-corrected chi connectivity index (χ4v) is 4.19. The molecule has 1 aliphatic rings. The molecule has 0 aromatic heterocycles. The van der Waals surface area contributed by atoms with Crippen LogP contribution in [0.5, 0.6) is 5.75 Å². The van der Waals surface area contributed by atoms with Crippen molar-refractivity contribution < 1.29 is 34.6 Å². The van der Waals surface area contributed by atoms with Crippen LogP contribution in [-0.4, -0.2) is 65.2 Å². The van der Waals surface area contributed by atoms with Crippen LogP contribution in [0.15, 0.2) is 42.5 Å². The minimum absolute atomic E-state index is 0.456. The predicted molar refractivity (Wildman–Crippen MR) is 115 cm³/mol. The standard InChI is InChI=1S/C23H29ClO7/c1-4-30-15-8-5-13(6-9-15)21(29-3)16-11-14(7-10-17(16)24)23(2)22(28)20(27)19(26)18(12-25)31-23/h5-11,18-22,25-28H,4,12H2,1-3H3/t18-,19-,20+,21?,22-,23?/m1/s1. The first-order chi connectivity index (χ1) is 14.8. The average molecular weight is 453 g/mol. The van der Waals surface area contributed by atoms with Crippen molar-refractivity contribution in [3.63, 3.8) is 0 Å². The lowest BCUT2D eigenvalue weighted by molar-refractivity contribution is -0.273. The Hall–Kier alpha value is -1.71. The van der Waals surface area contributed by atoms with Crippen LogP contribution in [0.4, 0.5) is 0 Å². The number of aliphatic hydroxyl groups excluding tert-OH is 4. The van der Waals surface area contributed by atoms with Gasteiger partial charge in [-0.05, 0) is 49.2 Å². The van der Waals surface area contributed by atoms with E-state index in [9.17, 15) is 20.4 Å². The van der Waals surface area contributed by atoms with E-state index in [0.717, 1.165) is 11.3 Å². The van der Waals surface area contributed by atoms with Crippen molar-refractivity contribution >= 4 is 11.6 Å². The second-order valence-electron chi connectivity index (χ2n) is 7.73. The maximum atomic E-state index is 10.7. The average Bonchev–Trinajstić information content (AvgIpc) is 2.78. The van der Waals surface area contributed by atoms with Crippen molar-refractivity contribution in [2.24, 2.45) is 0 Å². The first-order valence-electron chi connectivity index (χ1n) is 10.1. The van der Waals surface area contributed by atoms with E-state index in [1.807, 2.05) is 31.2 Å². The SMILES string of the molecule is CCOc1ccc(C(OC)c2cc(C3(C)O[C@H](CO)[C@@H](O)[C@H](O)[C@H]3O)ccc2Cl)cc1. The highest BCUT2D eigenvalue weighted by atomic mass is 35.5. The maximum absolute atomic E-state index is 10.7. The number of hydrogen-bond acceptors (Lipinski definition) is 7. The second kappa shape index (κ2) is 9.83. The van der Waals surface area contributed by atoms with Gasteiger partial charge in [0.25, 0.3) is 0 Å². The molecular weight excluding hydrogens is 424 g/mol. The number of benzene rings is 2. The molecule has 2 aromatic carbocycles. The third kappa shape index (κ3) is 4.59. The van der Waals surface area contributed by atoms with Crippen molar-refractivity contribution in [2.75, 3.05) is 20.3 Å². The Labute approximate surface area is 186 Å². The monoisotopic (exact) mass is 452 g/mol. The summed E-state index contributed by atoms with van der Waals surface area (Å²) in [5.74, 6) is 0.745. The van der Waals surface area contributed by atoms with Gasteiger partial charge in [-0.25, -0.2) is 0 Å². The van der Waals surface area contributed by atoms with E-state index >= 15 is 0 Å². The van der Waals surface area contributed by atoms with Crippen LogP contribution in [0.1, 0.15) is 36.6 Å². The summed E-state index contributed by atoms with van der Waals surface area (Å²) in [6.07, 6.45) is -5.87. The number of halogens is 1. The third-order valence-corrected chi connectivity index (χ3v) is 6.12. The summed E-state index contributed by atoms with van der Waals surface area (Å²) in [5, 5.41) is 41.1. The van der Waals surface area contributed by atoms with Gasteiger partial charge in [0, 0.05) is 17.7 Å². The fourth-order valence-electron chi connectivity index (χ4n) is 3.97. The molecule has 0 saturated carbocycles. The van der Waals surface area contributed by atoms with Gasteiger partial charge in [-0.3, -0.25) is 0 Å². The minimum atomic E-state index is -1.49. The Morgan fingerprint density at radius 2 is 1.77 bits per heavy atom. The van der Waals surface area contributed by atoms with Crippen molar-refractivity contribution in [3.8, 4) is 5.75 Å². The molecule has 0 aliphatic carbocycles. The summed E-state index contributed by atoms with van der Waals surface area (Å²) in [5.41, 5.74) is 0.632. The van der Waals surface area contributed by atoms with E-state index in [2.05, 4.69) is 0 Å². The molecule has 7 nitrogen and oxygen atoms in total. The molecule has 170 valence electrons. The molecule has 6 atom stereocenters. The highest BCUT2D eigenvalue weighted by Crippen LogP contribution is 2.41. The molecule has 2 aromatic rings. The van der Waals surface area contributed by atoms with Gasteiger partial charge in [0.15, 0.2) is 0 Å². The minimum Gasteiger partial charge on any atom is -0.494 e. The molecule has 1 heterocycles. The van der Waals surface area contributed by atoms with Crippen LogP contribution in [-0.2, 0) is 15.1 Å². The highest BCUT2D eigenvalue weighted by molar-refractivity contribution is 6.31. The molecule has 31 heavy (non-hydrogen) atoms. The van der Waals surface area contributed by atoms with Gasteiger partial charge >= 0.3 is 0 Å². The quantitative estimate of drug-likeness (QED) is 0.509. The van der Waals surface area contributed by atoms with Crippen LogP contribution >= 0.6 is 11.6 Å². The Morgan fingerprint density at radius 1 is 1.10 bits per heavy atom. The molecular formula is C23H29ClO7. The first kappa shape index (κ1) is 23.9. The van der Waals surface area contributed by atoms with Crippen molar-refractivity contribution in [1.29, 1.82) is 0 Å². The van der Waals surface area contributed by atoms with Gasteiger partial charge in [0.2, 0.25) is 0 Å². The molecule has 8 heteroatoms. The smallest absolute Gasteiger partial charge is 0.119 e. The number of rotatable bonds is 7. The van der Waals surface area contributed by atoms with Gasteiger partial charge in [-0.15, -0.1) is 0 Å². The van der Waals surface area contributed by atoms with Crippen molar-refractivity contribution in [2.45, 2.75) is 50.0 Å². The number of methoxy groups -OCH3 is 1. The summed E-state index contributed by atoms with van der Waals surface area (Å²) in [6, 6.07) is 12.6. The van der Waals surface area contributed by atoms with Crippen LogP contribution < -0.4 is 4.74 Å². The molecule has 0 amide bonds. The van der Waals surface area contributed by atoms with Gasteiger partial charge in [-0.2, -0.15) is 0 Å². The zero-order valence-corrected chi connectivity index (χ0v) is 18.5. The van der Waals surface area contributed by atoms with Crippen LogP contribution in [0.3, 0.4) is 0 Å². The van der Waals surface area contributed by atoms with Crippen molar-refractivity contribution in [1.82, 2.24) is 0 Å². The highest BCUT2D eigenvalue weighted by Gasteiger charge is 2.51. The molecule has 0 radical (unpaired) electrons. The summed E-state index contributed by atoms with van der Waals surface area (Å²) in [7, 11) is 1.57. The fraction of sp³-hybridized carbons (Fsp3) is 0.478. The van der Waals surface area contributed by atoms with E-state index in [4.69, 9.17) is 25.8 Å². The van der Waals surface area contributed by atoms with E-state index in [-0.39, 0.29) is 0 Å². The van der Waals surface area contributed by atoms with Crippen LogP contribution in [0.25, 0.3) is 0 Å². The van der Waals surface area contributed by atoms with Crippen LogP contribution in [0, 0.1) is 0 Å². The number of hydrogen-bond donors (Lipinski definition) is 4. The topological polar surface area (TPSA) is 109 Å². The number of ether oxygens (including phenoxy) is 3. The van der Waals surface area contributed by atoms with E-state index in [1.165, 1.54) is 0 Å². The lowest BCUT2D eigenvalue weighted by atomic mass is 9.80. The molecule has 1 saturated heterocycles. The van der Waals surface area contributed by atoms with Crippen LogP contribution in [0.2, 0.25) is 5.02 Å². The summed E-state index contributed by atoms with van der Waals surface area (Å²) in [6.45, 7) is 3.57. The van der Waals surface area contributed by atoms with Crippen molar-refractivity contribution in [3.05, 3.63) is 64.2 Å². The Balaban J connectivity index is 2.00. The van der Waals surface area contributed by atoms with Gasteiger partial charge in [0.05, 0.1) is 13.2 Å². The largest absolute Gasteiger partial charge is 0.494 e. The maximum Gasteiger partial charge on any atom is 0.119 e. The number of aliphatic hydroxyl groups is 4. The molecule has 0 spiro atoms. The van der Waals surface area contributed by atoms with Gasteiger partial charge in [0.1, 0.15) is 41.9 Å². The normalized spacial score (nSPS) is 29.5. The zero-order valence-electron chi connectivity index (χ0n) is 17.7. The Kier molecular flexibility index (Phi) is 7.59. The zero-order chi connectivity index (χ0) is 22.8. The predicted octanol–water partition coefficient (Wildman–Crippen LogP) is 2.16. The molecule has 1 fully saturated rings. The molecule has 3 rings (SSSR count). The Morgan fingerprint density at radius 3 is 2.35 bits per heavy atom. The lowest BCUT2D eigenvalue weighted by Crippen LogP contribution is -2.62. The summed E-state index contributed by atoms with van der Waals surface area (Å²) < 4.78 is 17.1. The van der Waals surface area contributed by atoms with E-state index < -0.39 is 42.7 Å².